The monoisotopic (exact) mass is 270 g/mol. The lowest BCUT2D eigenvalue weighted by molar-refractivity contribution is 0.778. The van der Waals surface area contributed by atoms with Crippen LogP contribution in [-0.2, 0) is 0 Å². The molecule has 1 aromatic heterocycles. The summed E-state index contributed by atoms with van der Waals surface area (Å²) in [7, 11) is 1.87. The minimum Gasteiger partial charge on any atom is -0.373 e. The second kappa shape index (κ2) is 5.90. The molecule has 1 heterocycles. The number of anilines is 3. The zero-order valence-electron chi connectivity index (χ0n) is 12.8. The Bertz CT molecular complexity index is 605. The van der Waals surface area contributed by atoms with Crippen molar-refractivity contribution in [3.05, 3.63) is 41.2 Å². The number of nitrogens with zero attached hydrogens (tertiary/aromatic N) is 2. The molecule has 0 saturated heterocycles. The summed E-state index contributed by atoms with van der Waals surface area (Å²) < 4.78 is 0. The van der Waals surface area contributed by atoms with Crippen molar-refractivity contribution in [1.29, 1.82) is 0 Å². The normalized spacial score (nSPS) is 10.7. The van der Waals surface area contributed by atoms with Crippen LogP contribution in [0.1, 0.15) is 36.7 Å². The van der Waals surface area contributed by atoms with E-state index in [1.165, 1.54) is 11.1 Å². The Morgan fingerprint density at radius 2 is 1.70 bits per heavy atom. The Morgan fingerprint density at radius 1 is 1.00 bits per heavy atom. The maximum atomic E-state index is 4.58. The highest BCUT2D eigenvalue weighted by Gasteiger charge is 2.08. The first-order valence-electron chi connectivity index (χ1n) is 6.90. The molecule has 0 aliphatic carbocycles. The molecule has 4 nitrogen and oxygen atoms in total. The summed E-state index contributed by atoms with van der Waals surface area (Å²) in [5.41, 5.74) is 3.54. The van der Waals surface area contributed by atoms with E-state index in [2.05, 4.69) is 66.5 Å². The van der Waals surface area contributed by atoms with Crippen LogP contribution in [0.5, 0.6) is 0 Å². The first-order valence-corrected chi connectivity index (χ1v) is 6.90. The Kier molecular flexibility index (Phi) is 4.23. The molecular weight excluding hydrogens is 248 g/mol. The molecule has 2 N–H and O–H groups in total. The second-order valence-electron chi connectivity index (χ2n) is 5.34. The van der Waals surface area contributed by atoms with E-state index in [0.717, 1.165) is 23.1 Å². The minimum absolute atomic E-state index is 0.294. The van der Waals surface area contributed by atoms with Gasteiger partial charge in [0.15, 0.2) is 0 Å². The van der Waals surface area contributed by atoms with E-state index >= 15 is 0 Å². The van der Waals surface area contributed by atoms with Crippen LogP contribution in [0.25, 0.3) is 0 Å². The maximum Gasteiger partial charge on any atom is 0.136 e. The van der Waals surface area contributed by atoms with Gasteiger partial charge in [0.25, 0.3) is 0 Å². The summed E-state index contributed by atoms with van der Waals surface area (Å²) in [5.74, 6) is 2.78. The SMILES string of the molecule is CNc1cc(Nc2ccc(C)cc2C)nc(C(C)C)n1. The molecule has 0 saturated carbocycles. The summed E-state index contributed by atoms with van der Waals surface area (Å²) in [6, 6.07) is 8.26. The van der Waals surface area contributed by atoms with Crippen LogP contribution in [0, 0.1) is 13.8 Å². The van der Waals surface area contributed by atoms with Gasteiger partial charge in [-0.1, -0.05) is 31.5 Å². The van der Waals surface area contributed by atoms with Gasteiger partial charge in [0.1, 0.15) is 17.5 Å². The number of hydrogen-bond donors (Lipinski definition) is 2. The van der Waals surface area contributed by atoms with Crippen LogP contribution >= 0.6 is 0 Å². The van der Waals surface area contributed by atoms with E-state index < -0.39 is 0 Å². The van der Waals surface area contributed by atoms with Crippen LogP contribution in [0.4, 0.5) is 17.3 Å². The summed E-state index contributed by atoms with van der Waals surface area (Å²) in [6.45, 7) is 8.38. The molecule has 2 aromatic rings. The molecule has 106 valence electrons. The lowest BCUT2D eigenvalue weighted by Crippen LogP contribution is -2.05. The molecule has 0 atom stereocenters. The quantitative estimate of drug-likeness (QED) is 0.881. The van der Waals surface area contributed by atoms with Crippen molar-refractivity contribution in [2.24, 2.45) is 0 Å². The van der Waals surface area contributed by atoms with Crippen LogP contribution in [-0.4, -0.2) is 17.0 Å². The van der Waals surface area contributed by atoms with E-state index in [1.807, 2.05) is 13.1 Å². The molecular formula is C16H22N4. The summed E-state index contributed by atoms with van der Waals surface area (Å²) in [4.78, 5) is 9.04. The first kappa shape index (κ1) is 14.3. The van der Waals surface area contributed by atoms with Crippen molar-refractivity contribution < 1.29 is 0 Å². The molecule has 0 aliphatic heterocycles. The van der Waals surface area contributed by atoms with E-state index in [0.29, 0.717) is 5.92 Å². The zero-order chi connectivity index (χ0) is 14.7. The highest BCUT2D eigenvalue weighted by atomic mass is 15.1. The Hall–Kier alpha value is -2.10. The van der Waals surface area contributed by atoms with Gasteiger partial charge in [0.2, 0.25) is 0 Å². The van der Waals surface area contributed by atoms with Crippen LogP contribution in [0.3, 0.4) is 0 Å². The molecule has 0 bridgehead atoms. The molecule has 20 heavy (non-hydrogen) atoms. The largest absolute Gasteiger partial charge is 0.373 e. The van der Waals surface area contributed by atoms with Crippen LogP contribution < -0.4 is 10.6 Å². The maximum absolute atomic E-state index is 4.58. The average Bonchev–Trinajstić information content (AvgIpc) is 2.41. The fourth-order valence-corrected chi connectivity index (χ4v) is 2.01. The minimum atomic E-state index is 0.294. The van der Waals surface area contributed by atoms with Gasteiger partial charge in [-0.15, -0.1) is 0 Å². The number of hydrogen-bond acceptors (Lipinski definition) is 4. The average molecular weight is 270 g/mol. The third kappa shape index (κ3) is 3.26. The van der Waals surface area contributed by atoms with Gasteiger partial charge in [-0.3, -0.25) is 0 Å². The van der Waals surface area contributed by atoms with Crippen molar-refractivity contribution in [3.8, 4) is 0 Å². The Morgan fingerprint density at radius 3 is 2.30 bits per heavy atom. The molecule has 0 aliphatic rings. The second-order valence-corrected chi connectivity index (χ2v) is 5.34. The molecule has 1 aromatic carbocycles. The third-order valence-electron chi connectivity index (χ3n) is 3.16. The van der Waals surface area contributed by atoms with Gasteiger partial charge in [0.05, 0.1) is 0 Å². The van der Waals surface area contributed by atoms with Gasteiger partial charge >= 0.3 is 0 Å². The van der Waals surface area contributed by atoms with E-state index in [1.54, 1.807) is 0 Å². The predicted molar refractivity (Wildman–Crippen MR) is 84.9 cm³/mol. The lowest BCUT2D eigenvalue weighted by Gasteiger charge is -2.13. The Labute approximate surface area is 120 Å². The van der Waals surface area contributed by atoms with Crippen molar-refractivity contribution in [3.63, 3.8) is 0 Å². The summed E-state index contributed by atoms with van der Waals surface area (Å²) in [6.07, 6.45) is 0. The zero-order valence-corrected chi connectivity index (χ0v) is 12.8. The number of aromatic nitrogens is 2. The fraction of sp³-hybridized carbons (Fsp3) is 0.375. The number of aryl methyl sites for hydroxylation is 2. The number of rotatable bonds is 4. The standard InChI is InChI=1S/C16H22N4/c1-10(2)16-19-14(17-5)9-15(20-16)18-13-7-6-11(3)8-12(13)4/h6-10H,1-5H3,(H2,17,18,19,20). The van der Waals surface area contributed by atoms with Gasteiger partial charge in [0, 0.05) is 24.7 Å². The lowest BCUT2D eigenvalue weighted by atomic mass is 10.1. The molecule has 0 amide bonds. The van der Waals surface area contributed by atoms with E-state index in [9.17, 15) is 0 Å². The Balaban J connectivity index is 2.34. The van der Waals surface area contributed by atoms with Gasteiger partial charge < -0.3 is 10.6 Å². The molecule has 0 radical (unpaired) electrons. The smallest absolute Gasteiger partial charge is 0.136 e. The van der Waals surface area contributed by atoms with Crippen molar-refractivity contribution in [2.45, 2.75) is 33.6 Å². The third-order valence-corrected chi connectivity index (χ3v) is 3.16. The molecule has 0 fully saturated rings. The van der Waals surface area contributed by atoms with Gasteiger partial charge in [-0.05, 0) is 25.5 Å². The molecule has 4 heteroatoms. The molecule has 0 unspecified atom stereocenters. The van der Waals surface area contributed by atoms with Crippen LogP contribution in [0.15, 0.2) is 24.3 Å². The van der Waals surface area contributed by atoms with Crippen molar-refractivity contribution in [1.82, 2.24) is 9.97 Å². The number of nitrogens with one attached hydrogen (secondary N) is 2. The van der Waals surface area contributed by atoms with Crippen molar-refractivity contribution in [2.75, 3.05) is 17.7 Å². The summed E-state index contributed by atoms with van der Waals surface area (Å²) >= 11 is 0. The topological polar surface area (TPSA) is 49.8 Å². The highest BCUT2D eigenvalue weighted by molar-refractivity contribution is 5.63. The van der Waals surface area contributed by atoms with E-state index in [-0.39, 0.29) is 0 Å². The predicted octanol–water partition coefficient (Wildman–Crippen LogP) is 4.00. The van der Waals surface area contributed by atoms with Gasteiger partial charge in [-0.2, -0.15) is 0 Å². The highest BCUT2D eigenvalue weighted by Crippen LogP contribution is 2.23. The van der Waals surface area contributed by atoms with Gasteiger partial charge in [-0.25, -0.2) is 9.97 Å². The molecule has 0 spiro atoms. The van der Waals surface area contributed by atoms with Crippen molar-refractivity contribution >= 4 is 17.3 Å². The molecule has 2 rings (SSSR count). The summed E-state index contributed by atoms with van der Waals surface area (Å²) in [5, 5.41) is 6.46. The first-order chi connectivity index (χ1) is 9.49. The van der Waals surface area contributed by atoms with E-state index in [4.69, 9.17) is 0 Å². The van der Waals surface area contributed by atoms with Crippen LogP contribution in [0.2, 0.25) is 0 Å². The number of benzene rings is 1. The fourth-order valence-electron chi connectivity index (χ4n) is 2.01.